The number of nitrogens with one attached hydrogen (secondary N) is 2. The maximum atomic E-state index is 13.1. The molecule has 3 heterocycles. The molecule has 0 radical (unpaired) electrons. The summed E-state index contributed by atoms with van der Waals surface area (Å²) in [6.07, 6.45) is 0.368. The molecule has 2 aliphatic rings. The van der Waals surface area contributed by atoms with Crippen molar-refractivity contribution in [2.24, 2.45) is 0 Å². The average molecular weight is 446 g/mol. The van der Waals surface area contributed by atoms with Crippen molar-refractivity contribution in [1.82, 2.24) is 9.88 Å². The van der Waals surface area contributed by atoms with Crippen molar-refractivity contribution in [2.75, 3.05) is 32.1 Å². The number of carboxylic acid groups (broad SMARTS) is 1. The summed E-state index contributed by atoms with van der Waals surface area (Å²) < 4.78 is 11.1. The van der Waals surface area contributed by atoms with Crippen molar-refractivity contribution >= 4 is 46.7 Å². The number of carbonyl (C=O) groups is 3. The van der Waals surface area contributed by atoms with Crippen LogP contribution >= 0.6 is 11.6 Å². The smallest absolute Gasteiger partial charge is 0.334 e. The lowest BCUT2D eigenvalue weighted by atomic mass is 10.0. The fraction of sp³-hybridized carbons (Fsp3) is 0.286. The predicted octanol–water partition coefficient (Wildman–Crippen LogP) is 2.40. The third kappa shape index (κ3) is 4.01. The van der Waals surface area contributed by atoms with E-state index in [-0.39, 0.29) is 25.7 Å². The van der Waals surface area contributed by atoms with Crippen LogP contribution in [0.2, 0.25) is 5.02 Å². The van der Waals surface area contributed by atoms with Crippen molar-refractivity contribution < 1.29 is 29.0 Å². The Kier molecular flexibility index (Phi) is 5.47. The number of benzene rings is 1. The Hall–Kier alpha value is -3.30. The van der Waals surface area contributed by atoms with E-state index >= 15 is 0 Å². The standard InChI is InChI=1S/C21H20ClN3O6/c1-10-5-13-15(23-10)6-12-11-7-17(14(22)8-16(11)24-19(12)26)30-3-4-31-18(21(28)29)9-25(2)20(13)27/h5-8,18,23H,3-4,9H2,1-2H3,(H,24,26)(H,28,29)/b12-6-/t18-/m1/s1. The Morgan fingerprint density at radius 3 is 2.74 bits per heavy atom. The number of nitrogens with zero attached hydrogens (tertiary/aromatic N) is 1. The first kappa shape index (κ1) is 21.0. The number of anilines is 1. The van der Waals surface area contributed by atoms with Crippen molar-refractivity contribution in [3.8, 4) is 5.75 Å². The van der Waals surface area contributed by atoms with Crippen LogP contribution in [0.1, 0.15) is 27.3 Å². The van der Waals surface area contributed by atoms with E-state index in [1.807, 2.05) is 0 Å². The van der Waals surface area contributed by atoms with Gasteiger partial charge >= 0.3 is 5.97 Å². The normalized spacial score (nSPS) is 20.7. The van der Waals surface area contributed by atoms with Crippen LogP contribution in [0, 0.1) is 6.92 Å². The molecule has 0 aliphatic carbocycles. The Morgan fingerprint density at radius 1 is 1.23 bits per heavy atom. The monoisotopic (exact) mass is 445 g/mol. The zero-order chi connectivity index (χ0) is 22.3. The number of aromatic amines is 1. The highest BCUT2D eigenvalue weighted by atomic mass is 35.5. The number of carbonyl (C=O) groups excluding carboxylic acids is 2. The second-order valence-electron chi connectivity index (χ2n) is 7.35. The van der Waals surface area contributed by atoms with Crippen LogP contribution in [0.4, 0.5) is 5.69 Å². The number of H-pyrrole nitrogens is 1. The van der Waals surface area contributed by atoms with Crippen LogP contribution in [-0.2, 0) is 14.3 Å². The first-order chi connectivity index (χ1) is 14.7. The van der Waals surface area contributed by atoms with Crippen LogP contribution in [0.3, 0.4) is 0 Å². The first-order valence-electron chi connectivity index (χ1n) is 9.54. The minimum atomic E-state index is -1.23. The SMILES string of the molecule is Cc1cc2c([nH]1)/C=C1\C(=O)Nc3cc(Cl)c(cc31)OCCO[C@@H](C(=O)O)CN(C)C2=O. The quantitative estimate of drug-likeness (QED) is 0.619. The minimum absolute atomic E-state index is 0.0270. The van der Waals surface area contributed by atoms with E-state index in [1.54, 1.807) is 31.2 Å². The Balaban J connectivity index is 1.84. The number of aryl methyl sites for hydroxylation is 1. The maximum Gasteiger partial charge on any atom is 0.334 e. The Morgan fingerprint density at radius 2 is 2.00 bits per heavy atom. The summed E-state index contributed by atoms with van der Waals surface area (Å²) in [5.74, 6) is -1.58. The van der Waals surface area contributed by atoms with Gasteiger partial charge in [-0.2, -0.15) is 0 Å². The van der Waals surface area contributed by atoms with Gasteiger partial charge < -0.3 is 29.8 Å². The lowest BCUT2D eigenvalue weighted by Crippen LogP contribution is -2.40. The second kappa shape index (κ2) is 8.09. The third-order valence-corrected chi connectivity index (χ3v) is 5.37. The number of hydrogen-bond acceptors (Lipinski definition) is 5. The highest BCUT2D eigenvalue weighted by Gasteiger charge is 2.29. The number of aromatic nitrogens is 1. The molecule has 0 spiro atoms. The number of aliphatic carboxylic acids is 1. The summed E-state index contributed by atoms with van der Waals surface area (Å²) >= 11 is 6.27. The van der Waals surface area contributed by atoms with E-state index < -0.39 is 18.0 Å². The van der Waals surface area contributed by atoms with Crippen molar-refractivity contribution in [2.45, 2.75) is 13.0 Å². The van der Waals surface area contributed by atoms with Gasteiger partial charge in [0.05, 0.1) is 40.7 Å². The first-order valence-corrected chi connectivity index (χ1v) is 9.91. The van der Waals surface area contributed by atoms with Gasteiger partial charge in [0.1, 0.15) is 12.4 Å². The van der Waals surface area contributed by atoms with Crippen molar-refractivity contribution in [3.05, 3.63) is 45.7 Å². The van der Waals surface area contributed by atoms with Gasteiger partial charge in [-0.1, -0.05) is 11.6 Å². The number of hydrogen-bond donors (Lipinski definition) is 3. The van der Waals surface area contributed by atoms with E-state index in [0.717, 1.165) is 5.69 Å². The van der Waals surface area contributed by atoms with Crippen molar-refractivity contribution in [1.29, 1.82) is 0 Å². The molecule has 0 saturated carbocycles. The fourth-order valence-corrected chi connectivity index (χ4v) is 3.79. The maximum absolute atomic E-state index is 13.1. The molecule has 9 nitrogen and oxygen atoms in total. The fourth-order valence-electron chi connectivity index (χ4n) is 3.57. The van der Waals surface area contributed by atoms with E-state index in [1.165, 1.54) is 11.9 Å². The molecule has 3 N–H and O–H groups in total. The predicted molar refractivity (Wildman–Crippen MR) is 113 cm³/mol. The van der Waals surface area contributed by atoms with E-state index in [0.29, 0.717) is 38.9 Å². The highest BCUT2D eigenvalue weighted by Crippen LogP contribution is 2.40. The molecule has 10 heteroatoms. The molecule has 0 fully saturated rings. The molecule has 162 valence electrons. The van der Waals surface area contributed by atoms with Gasteiger partial charge in [-0.25, -0.2) is 4.79 Å². The third-order valence-electron chi connectivity index (χ3n) is 5.08. The second-order valence-corrected chi connectivity index (χ2v) is 7.76. The molecule has 1 aromatic heterocycles. The van der Waals surface area contributed by atoms with Crippen molar-refractivity contribution in [3.63, 3.8) is 0 Å². The summed E-state index contributed by atoms with van der Waals surface area (Å²) in [5.41, 5.74) is 2.95. The van der Waals surface area contributed by atoms with Crippen LogP contribution in [0.5, 0.6) is 5.75 Å². The molecule has 2 aliphatic heterocycles. The van der Waals surface area contributed by atoms with Gasteiger partial charge in [-0.05, 0) is 31.2 Å². The lowest BCUT2D eigenvalue weighted by Gasteiger charge is -2.22. The Labute approximate surface area is 182 Å². The van der Waals surface area contributed by atoms with Gasteiger partial charge in [0.25, 0.3) is 11.8 Å². The van der Waals surface area contributed by atoms with Crippen LogP contribution in [0.25, 0.3) is 11.6 Å². The average Bonchev–Trinajstić information content (AvgIpc) is 3.22. The van der Waals surface area contributed by atoms with Gasteiger partial charge in [-0.3, -0.25) is 9.59 Å². The number of likely N-dealkylation sites (N-methyl/N-ethyl adjacent to an activating group) is 1. The lowest BCUT2D eigenvalue weighted by molar-refractivity contribution is -0.151. The van der Waals surface area contributed by atoms with Gasteiger partial charge in [0.15, 0.2) is 6.10 Å². The van der Waals surface area contributed by atoms with Crippen LogP contribution in [-0.4, -0.2) is 65.7 Å². The number of carboxylic acids is 1. The summed E-state index contributed by atoms with van der Waals surface area (Å²) in [6, 6.07) is 4.88. The summed E-state index contributed by atoms with van der Waals surface area (Å²) in [5, 5.41) is 12.5. The molecular weight excluding hydrogens is 426 g/mol. The molecule has 2 bridgehead atoms. The molecule has 1 aromatic carbocycles. The van der Waals surface area contributed by atoms with Gasteiger partial charge in [-0.15, -0.1) is 0 Å². The molecule has 0 saturated heterocycles. The van der Waals surface area contributed by atoms with Crippen LogP contribution in [0.15, 0.2) is 18.2 Å². The van der Waals surface area contributed by atoms with E-state index in [9.17, 15) is 19.5 Å². The van der Waals surface area contributed by atoms with Gasteiger partial charge in [0, 0.05) is 18.3 Å². The summed E-state index contributed by atoms with van der Waals surface area (Å²) in [6.45, 7) is 1.64. The number of amides is 2. The van der Waals surface area contributed by atoms with Crippen LogP contribution < -0.4 is 10.1 Å². The molecule has 0 unspecified atom stereocenters. The molecular formula is C21H20ClN3O6. The number of rotatable bonds is 1. The molecule has 4 rings (SSSR count). The Bertz CT molecular complexity index is 1120. The molecule has 2 amide bonds. The largest absolute Gasteiger partial charge is 0.490 e. The molecule has 31 heavy (non-hydrogen) atoms. The number of ether oxygens (including phenoxy) is 2. The molecule has 1 atom stereocenters. The number of halogens is 1. The summed E-state index contributed by atoms with van der Waals surface area (Å²) in [7, 11) is 1.50. The number of fused-ring (bicyclic) bond motifs is 2. The van der Waals surface area contributed by atoms with E-state index in [4.69, 9.17) is 21.1 Å². The highest BCUT2D eigenvalue weighted by molar-refractivity contribution is 6.37. The zero-order valence-electron chi connectivity index (χ0n) is 16.8. The topological polar surface area (TPSA) is 121 Å². The molecule has 2 aromatic rings. The minimum Gasteiger partial charge on any atom is -0.490 e. The van der Waals surface area contributed by atoms with E-state index in [2.05, 4.69) is 10.3 Å². The zero-order valence-corrected chi connectivity index (χ0v) is 17.6. The van der Waals surface area contributed by atoms with Gasteiger partial charge in [0.2, 0.25) is 0 Å². The summed E-state index contributed by atoms with van der Waals surface area (Å²) in [4.78, 5) is 41.6.